The Morgan fingerprint density at radius 3 is 2.35 bits per heavy atom. The van der Waals surface area contributed by atoms with Gasteiger partial charge in [0.05, 0.1) is 17.8 Å². The second-order valence-corrected chi connectivity index (χ2v) is 7.61. The SMILES string of the molecule is O=C(O)C[C@H](NC(=O)/C=C/c1cn(-c2ccccc2)nc1-c1ccc2ccccc2c1)C(=O)O. The highest BCUT2D eigenvalue weighted by atomic mass is 16.4. The Bertz CT molecular complexity index is 1390. The van der Waals surface area contributed by atoms with E-state index >= 15 is 0 Å². The summed E-state index contributed by atoms with van der Waals surface area (Å²) in [5.74, 6) is -3.46. The first-order chi connectivity index (χ1) is 16.4. The van der Waals surface area contributed by atoms with Crippen molar-refractivity contribution < 1.29 is 24.6 Å². The Balaban J connectivity index is 1.69. The Labute approximate surface area is 194 Å². The average Bonchev–Trinajstić information content (AvgIpc) is 3.26. The lowest BCUT2D eigenvalue weighted by Crippen LogP contribution is -2.41. The maximum atomic E-state index is 12.3. The first-order valence-corrected chi connectivity index (χ1v) is 10.5. The van der Waals surface area contributed by atoms with Gasteiger partial charge >= 0.3 is 11.9 Å². The zero-order valence-electron chi connectivity index (χ0n) is 18.0. The molecule has 8 nitrogen and oxygen atoms in total. The summed E-state index contributed by atoms with van der Waals surface area (Å²) in [6.07, 6.45) is 3.76. The normalized spacial score (nSPS) is 12.0. The molecule has 1 aromatic heterocycles. The molecule has 3 N–H and O–H groups in total. The monoisotopic (exact) mass is 455 g/mol. The van der Waals surface area contributed by atoms with Crippen molar-refractivity contribution in [3.8, 4) is 16.9 Å². The van der Waals surface area contributed by atoms with E-state index in [0.717, 1.165) is 22.0 Å². The molecule has 34 heavy (non-hydrogen) atoms. The smallest absolute Gasteiger partial charge is 0.326 e. The highest BCUT2D eigenvalue weighted by Crippen LogP contribution is 2.28. The van der Waals surface area contributed by atoms with Crippen LogP contribution in [0.15, 0.2) is 85.1 Å². The number of nitrogens with zero attached hydrogens (tertiary/aromatic N) is 2. The van der Waals surface area contributed by atoms with Gasteiger partial charge in [-0.25, -0.2) is 9.48 Å². The Morgan fingerprint density at radius 1 is 0.941 bits per heavy atom. The Morgan fingerprint density at radius 2 is 1.65 bits per heavy atom. The van der Waals surface area contributed by atoms with Crippen molar-refractivity contribution in [2.24, 2.45) is 0 Å². The molecule has 0 fully saturated rings. The van der Waals surface area contributed by atoms with Crippen molar-refractivity contribution in [1.29, 1.82) is 0 Å². The van der Waals surface area contributed by atoms with Crippen molar-refractivity contribution in [3.63, 3.8) is 0 Å². The largest absolute Gasteiger partial charge is 0.481 e. The number of aliphatic carboxylic acids is 2. The maximum absolute atomic E-state index is 12.3. The first kappa shape index (κ1) is 22.5. The van der Waals surface area contributed by atoms with Gasteiger partial charge in [-0.2, -0.15) is 5.10 Å². The molecule has 1 heterocycles. The molecule has 8 heteroatoms. The summed E-state index contributed by atoms with van der Waals surface area (Å²) in [5.41, 5.74) is 2.96. The van der Waals surface area contributed by atoms with Crippen LogP contribution in [0, 0.1) is 0 Å². The highest BCUT2D eigenvalue weighted by molar-refractivity contribution is 5.96. The molecule has 0 radical (unpaired) electrons. The number of carboxylic acids is 2. The van der Waals surface area contributed by atoms with E-state index in [4.69, 9.17) is 15.3 Å². The number of carbonyl (C=O) groups excluding carboxylic acids is 1. The minimum atomic E-state index is -1.53. The van der Waals surface area contributed by atoms with Crippen molar-refractivity contribution in [1.82, 2.24) is 15.1 Å². The molecule has 1 atom stereocenters. The lowest BCUT2D eigenvalue weighted by Gasteiger charge is -2.10. The van der Waals surface area contributed by atoms with Crippen LogP contribution in [0.2, 0.25) is 0 Å². The first-order valence-electron chi connectivity index (χ1n) is 10.5. The number of para-hydroxylation sites is 1. The lowest BCUT2D eigenvalue weighted by molar-refractivity contribution is -0.146. The fourth-order valence-electron chi connectivity index (χ4n) is 3.54. The molecule has 0 unspecified atom stereocenters. The zero-order valence-corrected chi connectivity index (χ0v) is 18.0. The Kier molecular flexibility index (Phi) is 6.49. The highest BCUT2D eigenvalue weighted by Gasteiger charge is 2.22. The molecule has 170 valence electrons. The number of rotatable bonds is 8. The molecule has 4 aromatic rings. The van der Waals surface area contributed by atoms with E-state index in [1.165, 1.54) is 12.2 Å². The molecule has 1 amide bonds. The number of amides is 1. The van der Waals surface area contributed by atoms with Crippen LogP contribution in [-0.4, -0.2) is 43.9 Å². The van der Waals surface area contributed by atoms with Gasteiger partial charge in [0.15, 0.2) is 0 Å². The molecule has 0 spiro atoms. The van der Waals surface area contributed by atoms with Crippen molar-refractivity contribution in [3.05, 3.63) is 90.6 Å². The fraction of sp³-hybridized carbons (Fsp3) is 0.0769. The molecule has 0 bridgehead atoms. The van der Waals surface area contributed by atoms with Crippen LogP contribution >= 0.6 is 0 Å². The van der Waals surface area contributed by atoms with Crippen LogP contribution in [0.25, 0.3) is 33.8 Å². The molecule has 4 rings (SSSR count). The zero-order chi connectivity index (χ0) is 24.1. The molecule has 0 saturated carbocycles. The summed E-state index contributed by atoms with van der Waals surface area (Å²) in [6.45, 7) is 0. The maximum Gasteiger partial charge on any atom is 0.326 e. The van der Waals surface area contributed by atoms with Gasteiger partial charge in [0.2, 0.25) is 5.91 Å². The van der Waals surface area contributed by atoms with Crippen molar-refractivity contribution >= 4 is 34.7 Å². The summed E-state index contributed by atoms with van der Waals surface area (Å²) in [5, 5.41) is 27.1. The quantitative estimate of drug-likeness (QED) is 0.348. The number of benzene rings is 3. The number of hydrogen-bond acceptors (Lipinski definition) is 4. The van der Waals surface area contributed by atoms with Crippen LogP contribution in [0.3, 0.4) is 0 Å². The van der Waals surface area contributed by atoms with Crippen LogP contribution in [0.1, 0.15) is 12.0 Å². The van der Waals surface area contributed by atoms with E-state index in [9.17, 15) is 14.4 Å². The molecular weight excluding hydrogens is 434 g/mol. The fourth-order valence-corrected chi connectivity index (χ4v) is 3.54. The summed E-state index contributed by atoms with van der Waals surface area (Å²) < 4.78 is 1.70. The summed E-state index contributed by atoms with van der Waals surface area (Å²) >= 11 is 0. The third kappa shape index (κ3) is 5.18. The van der Waals surface area contributed by atoms with Gasteiger partial charge in [0.1, 0.15) is 6.04 Å². The van der Waals surface area contributed by atoms with Gasteiger partial charge in [-0.15, -0.1) is 0 Å². The number of aromatic nitrogens is 2. The minimum Gasteiger partial charge on any atom is -0.481 e. The van der Waals surface area contributed by atoms with Gasteiger partial charge in [-0.05, 0) is 35.0 Å². The third-order valence-electron chi connectivity index (χ3n) is 5.19. The standard InChI is InChI=1S/C26H21N3O5/c30-23(27-22(26(33)34)15-24(31)32)13-12-20-16-29(21-8-2-1-3-9-21)28-25(20)19-11-10-17-6-4-5-7-18(17)14-19/h1-14,16,22H,15H2,(H,27,30)(H,31,32)(H,33,34)/b13-12+/t22-/m0/s1. The molecule has 3 aromatic carbocycles. The van der Waals surface area contributed by atoms with E-state index in [-0.39, 0.29) is 0 Å². The van der Waals surface area contributed by atoms with Gasteiger partial charge in [0, 0.05) is 23.4 Å². The van der Waals surface area contributed by atoms with Gasteiger partial charge in [0.25, 0.3) is 0 Å². The number of carbonyl (C=O) groups is 3. The second-order valence-electron chi connectivity index (χ2n) is 7.61. The van der Waals surface area contributed by atoms with Crippen LogP contribution in [-0.2, 0) is 14.4 Å². The van der Waals surface area contributed by atoms with E-state index in [1.807, 2.05) is 72.8 Å². The predicted molar refractivity (Wildman–Crippen MR) is 127 cm³/mol. The molecular formula is C26H21N3O5. The summed E-state index contributed by atoms with van der Waals surface area (Å²) in [4.78, 5) is 34.4. The average molecular weight is 455 g/mol. The molecule has 0 aliphatic heterocycles. The number of carboxylic acid groups (broad SMARTS) is 2. The van der Waals surface area contributed by atoms with Gasteiger partial charge < -0.3 is 15.5 Å². The second kappa shape index (κ2) is 9.83. The van der Waals surface area contributed by atoms with Gasteiger partial charge in [-0.1, -0.05) is 54.6 Å². The number of nitrogens with one attached hydrogen (secondary N) is 1. The van der Waals surface area contributed by atoms with E-state index in [0.29, 0.717) is 11.3 Å². The van der Waals surface area contributed by atoms with E-state index in [2.05, 4.69) is 5.32 Å². The van der Waals surface area contributed by atoms with Crippen LogP contribution in [0.4, 0.5) is 0 Å². The summed E-state index contributed by atoms with van der Waals surface area (Å²) in [6, 6.07) is 21.9. The third-order valence-corrected chi connectivity index (χ3v) is 5.19. The summed E-state index contributed by atoms with van der Waals surface area (Å²) in [7, 11) is 0. The lowest BCUT2D eigenvalue weighted by atomic mass is 10.0. The minimum absolute atomic E-state index is 0.638. The van der Waals surface area contributed by atoms with Crippen molar-refractivity contribution in [2.75, 3.05) is 0 Å². The van der Waals surface area contributed by atoms with E-state index in [1.54, 1.807) is 10.9 Å². The van der Waals surface area contributed by atoms with E-state index < -0.39 is 30.3 Å². The molecule has 0 saturated heterocycles. The predicted octanol–water partition coefficient (Wildman–Crippen LogP) is 3.75. The number of hydrogen-bond donors (Lipinski definition) is 3. The van der Waals surface area contributed by atoms with Crippen LogP contribution < -0.4 is 5.32 Å². The van der Waals surface area contributed by atoms with Gasteiger partial charge in [-0.3, -0.25) is 9.59 Å². The topological polar surface area (TPSA) is 122 Å². The Hall–Kier alpha value is -4.72. The van der Waals surface area contributed by atoms with Crippen LogP contribution in [0.5, 0.6) is 0 Å². The molecule has 0 aliphatic carbocycles. The number of fused-ring (bicyclic) bond motifs is 1. The molecule has 0 aliphatic rings. The van der Waals surface area contributed by atoms with Crippen molar-refractivity contribution in [2.45, 2.75) is 12.5 Å².